The van der Waals surface area contributed by atoms with E-state index in [4.69, 9.17) is 9.47 Å². The maximum Gasteiger partial charge on any atom is 0.251 e. The van der Waals surface area contributed by atoms with Gasteiger partial charge >= 0.3 is 0 Å². The zero-order valence-electron chi connectivity index (χ0n) is 19.3. The molecule has 6 nitrogen and oxygen atoms in total. The highest BCUT2D eigenvalue weighted by molar-refractivity contribution is 5.95. The normalized spacial score (nSPS) is 20.3. The number of methoxy groups -OCH3 is 2. The summed E-state index contributed by atoms with van der Waals surface area (Å²) in [6.07, 6.45) is 6.17. The molecule has 172 valence electrons. The van der Waals surface area contributed by atoms with Crippen molar-refractivity contribution in [3.05, 3.63) is 59.7 Å². The molecule has 0 aliphatic heterocycles. The molecule has 1 aliphatic carbocycles. The molecule has 0 aromatic heterocycles. The van der Waals surface area contributed by atoms with Crippen molar-refractivity contribution in [3.8, 4) is 11.5 Å². The van der Waals surface area contributed by atoms with Gasteiger partial charge in [0.15, 0.2) is 0 Å². The van der Waals surface area contributed by atoms with E-state index in [1.807, 2.05) is 12.1 Å². The second-order valence-corrected chi connectivity index (χ2v) is 8.81. The topological polar surface area (TPSA) is 76.7 Å². The van der Waals surface area contributed by atoms with Crippen molar-refractivity contribution in [2.24, 2.45) is 5.92 Å². The van der Waals surface area contributed by atoms with Crippen LogP contribution in [0.3, 0.4) is 0 Å². The lowest BCUT2D eigenvalue weighted by Gasteiger charge is -2.38. The third kappa shape index (κ3) is 6.49. The third-order valence-electron chi connectivity index (χ3n) is 6.40. The van der Waals surface area contributed by atoms with Gasteiger partial charge in [0.1, 0.15) is 11.5 Å². The van der Waals surface area contributed by atoms with Crippen molar-refractivity contribution < 1.29 is 19.1 Å². The fourth-order valence-corrected chi connectivity index (χ4v) is 4.25. The van der Waals surface area contributed by atoms with E-state index in [1.54, 1.807) is 50.6 Å². The summed E-state index contributed by atoms with van der Waals surface area (Å²) in [7, 11) is 3.22. The molecule has 0 heterocycles. The Balaban J connectivity index is 1.36. The highest BCUT2D eigenvalue weighted by Gasteiger charge is 2.32. The number of benzene rings is 2. The minimum Gasteiger partial charge on any atom is -0.497 e. The van der Waals surface area contributed by atoms with Crippen LogP contribution in [-0.2, 0) is 0 Å². The van der Waals surface area contributed by atoms with E-state index < -0.39 is 0 Å². The molecular formula is C26H34N2O4. The van der Waals surface area contributed by atoms with Crippen molar-refractivity contribution in [1.82, 2.24) is 10.6 Å². The molecule has 2 N–H and O–H groups in total. The lowest BCUT2D eigenvalue weighted by Crippen LogP contribution is -2.48. The maximum atomic E-state index is 12.6. The van der Waals surface area contributed by atoms with Gasteiger partial charge in [0, 0.05) is 23.2 Å². The van der Waals surface area contributed by atoms with Gasteiger partial charge in [-0.3, -0.25) is 9.59 Å². The second kappa shape index (κ2) is 11.0. The molecule has 0 atom stereocenters. The van der Waals surface area contributed by atoms with Crippen molar-refractivity contribution in [2.45, 2.75) is 51.0 Å². The predicted molar refractivity (Wildman–Crippen MR) is 125 cm³/mol. The predicted octanol–water partition coefficient (Wildman–Crippen LogP) is 4.59. The second-order valence-electron chi connectivity index (χ2n) is 8.81. The first-order valence-electron chi connectivity index (χ1n) is 11.3. The Kier molecular flexibility index (Phi) is 8.14. The Morgan fingerprint density at radius 2 is 1.38 bits per heavy atom. The Bertz CT molecular complexity index is 885. The van der Waals surface area contributed by atoms with Gasteiger partial charge in [-0.15, -0.1) is 0 Å². The number of rotatable bonds is 9. The molecule has 1 aliphatic rings. The Hall–Kier alpha value is -3.02. The van der Waals surface area contributed by atoms with Crippen molar-refractivity contribution in [1.29, 1.82) is 0 Å². The van der Waals surface area contributed by atoms with Crippen LogP contribution in [0.2, 0.25) is 0 Å². The average molecular weight is 439 g/mol. The van der Waals surface area contributed by atoms with Gasteiger partial charge in [-0.25, -0.2) is 0 Å². The van der Waals surface area contributed by atoms with Crippen LogP contribution in [0, 0.1) is 5.92 Å². The van der Waals surface area contributed by atoms with Gasteiger partial charge in [-0.1, -0.05) is 0 Å². The van der Waals surface area contributed by atoms with Gasteiger partial charge in [-0.2, -0.15) is 0 Å². The number of amides is 2. The zero-order valence-corrected chi connectivity index (χ0v) is 19.3. The molecule has 0 unspecified atom stereocenters. The van der Waals surface area contributed by atoms with E-state index in [1.165, 1.54) is 0 Å². The van der Waals surface area contributed by atoms with Crippen LogP contribution >= 0.6 is 0 Å². The molecule has 2 aromatic rings. The van der Waals surface area contributed by atoms with Gasteiger partial charge in [0.2, 0.25) is 0 Å². The zero-order chi connectivity index (χ0) is 23.0. The van der Waals surface area contributed by atoms with Crippen molar-refractivity contribution in [3.63, 3.8) is 0 Å². The standard InChI is InChI=1S/C26H34N2O4/c1-26(28-25(30)21-8-12-23(32-3)13-9-21)16-14-19(15-17-26)5-4-18-27-24(29)20-6-10-22(31-2)11-7-20/h6-13,19H,4-5,14-18H2,1-3H3,(H,27,29)(H,28,30). The molecule has 2 amide bonds. The summed E-state index contributed by atoms with van der Waals surface area (Å²) in [5.41, 5.74) is 1.13. The van der Waals surface area contributed by atoms with Crippen LogP contribution in [0.4, 0.5) is 0 Å². The number of nitrogens with one attached hydrogen (secondary N) is 2. The first-order chi connectivity index (χ1) is 15.4. The van der Waals surface area contributed by atoms with E-state index in [9.17, 15) is 9.59 Å². The van der Waals surface area contributed by atoms with Crippen molar-refractivity contribution in [2.75, 3.05) is 20.8 Å². The van der Waals surface area contributed by atoms with Gasteiger partial charge in [0.25, 0.3) is 11.8 Å². The minimum atomic E-state index is -0.171. The molecule has 32 heavy (non-hydrogen) atoms. The summed E-state index contributed by atoms with van der Waals surface area (Å²) < 4.78 is 10.3. The third-order valence-corrected chi connectivity index (χ3v) is 6.40. The van der Waals surface area contributed by atoms with Crippen LogP contribution in [0.1, 0.15) is 66.2 Å². The molecule has 3 rings (SSSR count). The fraction of sp³-hybridized carbons (Fsp3) is 0.462. The molecule has 1 saturated carbocycles. The van der Waals surface area contributed by atoms with Gasteiger partial charge < -0.3 is 20.1 Å². The summed E-state index contributed by atoms with van der Waals surface area (Å²) in [5, 5.41) is 6.23. The van der Waals surface area contributed by atoms with Crippen molar-refractivity contribution >= 4 is 11.8 Å². The smallest absolute Gasteiger partial charge is 0.251 e. The van der Waals surface area contributed by atoms with Crippen LogP contribution in [0.25, 0.3) is 0 Å². The summed E-state index contributed by atoms with van der Waals surface area (Å²) in [5.74, 6) is 2.04. The number of hydrogen-bond donors (Lipinski definition) is 2. The van der Waals surface area contributed by atoms with Crippen LogP contribution < -0.4 is 20.1 Å². The Morgan fingerprint density at radius 1 is 0.875 bits per heavy atom. The number of carbonyl (C=O) groups is 2. The number of ether oxygens (including phenoxy) is 2. The summed E-state index contributed by atoms with van der Waals surface area (Å²) >= 11 is 0. The molecule has 0 spiro atoms. The highest BCUT2D eigenvalue weighted by Crippen LogP contribution is 2.34. The first-order valence-corrected chi connectivity index (χ1v) is 11.3. The van der Waals surface area contributed by atoms with Crippen LogP contribution in [0.15, 0.2) is 48.5 Å². The van der Waals surface area contributed by atoms with Crippen LogP contribution in [0.5, 0.6) is 11.5 Å². The Labute approximate surface area is 190 Å². The lowest BCUT2D eigenvalue weighted by atomic mass is 9.76. The minimum absolute atomic E-state index is 0.0325. The maximum absolute atomic E-state index is 12.6. The molecule has 1 fully saturated rings. The van der Waals surface area contributed by atoms with E-state index in [2.05, 4.69) is 17.6 Å². The highest BCUT2D eigenvalue weighted by atomic mass is 16.5. The van der Waals surface area contributed by atoms with E-state index in [0.29, 0.717) is 23.6 Å². The number of carbonyl (C=O) groups excluding carboxylic acids is 2. The molecule has 6 heteroatoms. The average Bonchev–Trinajstić information content (AvgIpc) is 2.83. The summed E-state index contributed by atoms with van der Waals surface area (Å²) in [6.45, 7) is 2.81. The molecule has 0 saturated heterocycles. The first kappa shape index (κ1) is 23.6. The molecular weight excluding hydrogens is 404 g/mol. The van der Waals surface area contributed by atoms with E-state index in [0.717, 1.165) is 50.0 Å². The molecule has 0 radical (unpaired) electrons. The molecule has 0 bridgehead atoms. The summed E-state index contributed by atoms with van der Waals surface area (Å²) in [6, 6.07) is 14.3. The molecule has 2 aromatic carbocycles. The largest absolute Gasteiger partial charge is 0.497 e. The lowest BCUT2D eigenvalue weighted by molar-refractivity contribution is 0.0864. The fourth-order valence-electron chi connectivity index (χ4n) is 4.25. The Morgan fingerprint density at radius 3 is 1.88 bits per heavy atom. The van der Waals surface area contributed by atoms with Gasteiger partial charge in [-0.05, 0) is 99.9 Å². The van der Waals surface area contributed by atoms with Crippen LogP contribution in [-0.4, -0.2) is 38.1 Å². The monoisotopic (exact) mass is 438 g/mol. The van der Waals surface area contributed by atoms with E-state index in [-0.39, 0.29) is 17.4 Å². The van der Waals surface area contributed by atoms with E-state index >= 15 is 0 Å². The van der Waals surface area contributed by atoms with Gasteiger partial charge in [0.05, 0.1) is 14.2 Å². The summed E-state index contributed by atoms with van der Waals surface area (Å²) in [4.78, 5) is 24.9. The SMILES string of the molecule is COc1ccc(C(=O)NCCCC2CCC(C)(NC(=O)c3ccc(OC)cc3)CC2)cc1. The quantitative estimate of drug-likeness (QED) is 0.562. The number of hydrogen-bond acceptors (Lipinski definition) is 4.